The summed E-state index contributed by atoms with van der Waals surface area (Å²) in [5.41, 5.74) is -0.0954. The molecule has 1 aromatic rings. The maximum absolute atomic E-state index is 13.3. The molecule has 29 heavy (non-hydrogen) atoms. The third-order valence-electron chi connectivity index (χ3n) is 4.97. The van der Waals surface area contributed by atoms with Crippen molar-refractivity contribution in [1.29, 1.82) is 0 Å². The molecule has 0 aliphatic carbocycles. The highest BCUT2D eigenvalue weighted by molar-refractivity contribution is 7.94. The number of rotatable bonds is 6. The molecule has 2 heterocycles. The van der Waals surface area contributed by atoms with Crippen molar-refractivity contribution in [3.8, 4) is 5.75 Å². The van der Waals surface area contributed by atoms with Gasteiger partial charge in [0.05, 0.1) is 30.1 Å². The molecule has 1 atom stereocenters. The van der Waals surface area contributed by atoms with E-state index in [-0.39, 0.29) is 53.0 Å². The Balaban J connectivity index is 2.09. The highest BCUT2D eigenvalue weighted by Gasteiger charge is 2.41. The van der Waals surface area contributed by atoms with Gasteiger partial charge in [0.25, 0.3) is 0 Å². The van der Waals surface area contributed by atoms with Crippen molar-refractivity contribution < 1.29 is 34.8 Å². The zero-order valence-corrected chi connectivity index (χ0v) is 18.4. The van der Waals surface area contributed by atoms with Gasteiger partial charge in [-0.3, -0.25) is 4.79 Å². The van der Waals surface area contributed by atoms with Crippen LogP contribution in [0.1, 0.15) is 19.8 Å². The number of anilines is 1. The van der Waals surface area contributed by atoms with E-state index in [1.165, 1.54) is 19.2 Å². The minimum Gasteiger partial charge on any atom is -0.495 e. The van der Waals surface area contributed by atoms with Crippen LogP contribution in [-0.4, -0.2) is 72.4 Å². The third kappa shape index (κ3) is 4.00. The number of sulfone groups is 1. The van der Waals surface area contributed by atoms with E-state index >= 15 is 0 Å². The molecular formula is C16H22N2O8S3. The predicted molar refractivity (Wildman–Crippen MR) is 106 cm³/mol. The smallest absolute Gasteiger partial charge is 0.247 e. The Kier molecular flexibility index (Phi) is 5.71. The fourth-order valence-electron chi connectivity index (χ4n) is 3.62. The number of hydrogen-bond acceptors (Lipinski definition) is 8. The van der Waals surface area contributed by atoms with Crippen LogP contribution in [0.15, 0.2) is 23.1 Å². The van der Waals surface area contributed by atoms with Gasteiger partial charge in [-0.1, -0.05) is 6.92 Å². The number of methoxy groups -OCH3 is 1. The molecule has 10 nitrogen and oxygen atoms in total. The number of amides is 1. The molecule has 1 amide bonds. The lowest BCUT2D eigenvalue weighted by Crippen LogP contribution is -2.41. The topological polar surface area (TPSA) is 135 Å². The maximum Gasteiger partial charge on any atom is 0.247 e. The van der Waals surface area contributed by atoms with Gasteiger partial charge >= 0.3 is 0 Å². The van der Waals surface area contributed by atoms with Crippen LogP contribution in [0.3, 0.4) is 0 Å². The fraction of sp³-hybridized carbons (Fsp3) is 0.562. The molecule has 0 radical (unpaired) electrons. The lowest BCUT2D eigenvalue weighted by molar-refractivity contribution is -0.116. The number of hydrogen-bond donors (Lipinski definition) is 0. The van der Waals surface area contributed by atoms with E-state index in [4.69, 9.17) is 4.74 Å². The SMILES string of the molecule is CCN([C@H]1CCS(=O)(=O)C1)S(=O)(=O)c1cc(N2C(=O)CCS2(=O)=O)ccc1OC. The Morgan fingerprint density at radius 2 is 1.90 bits per heavy atom. The molecule has 2 fully saturated rings. The Bertz CT molecular complexity index is 1140. The van der Waals surface area contributed by atoms with Crippen molar-refractivity contribution in [3.63, 3.8) is 0 Å². The van der Waals surface area contributed by atoms with Crippen LogP contribution in [0.2, 0.25) is 0 Å². The fourth-order valence-corrected chi connectivity index (χ4v) is 8.73. The summed E-state index contributed by atoms with van der Waals surface area (Å²) in [6.45, 7) is 1.62. The van der Waals surface area contributed by atoms with E-state index in [0.29, 0.717) is 4.31 Å². The van der Waals surface area contributed by atoms with Gasteiger partial charge in [0.1, 0.15) is 10.6 Å². The standard InChI is InChI=1S/C16H22N2O8S3/c1-3-17(13-6-8-27(20,21)11-13)29(24,25)15-10-12(4-5-14(15)26-2)18-16(19)7-9-28(18,22)23/h4-5,10,13H,3,6-9,11H2,1-2H3/t13-/m0/s1. The van der Waals surface area contributed by atoms with Crippen LogP contribution >= 0.6 is 0 Å². The highest BCUT2D eigenvalue weighted by atomic mass is 32.2. The molecule has 0 saturated carbocycles. The molecule has 13 heteroatoms. The predicted octanol–water partition coefficient (Wildman–Crippen LogP) is -0.0406. The summed E-state index contributed by atoms with van der Waals surface area (Å²) in [4.78, 5) is 11.7. The first-order chi connectivity index (χ1) is 13.4. The van der Waals surface area contributed by atoms with Gasteiger partial charge in [-0.2, -0.15) is 4.31 Å². The number of benzene rings is 1. The highest BCUT2D eigenvalue weighted by Crippen LogP contribution is 2.35. The van der Waals surface area contributed by atoms with Crippen molar-refractivity contribution in [2.75, 3.05) is 35.2 Å². The number of nitrogens with zero attached hydrogens (tertiary/aromatic N) is 2. The summed E-state index contributed by atoms with van der Waals surface area (Å²) < 4.78 is 81.6. The minimum absolute atomic E-state index is 0.0246. The van der Waals surface area contributed by atoms with Crippen molar-refractivity contribution >= 4 is 41.5 Å². The number of sulfonamides is 2. The van der Waals surface area contributed by atoms with E-state index in [9.17, 15) is 30.0 Å². The van der Waals surface area contributed by atoms with Crippen molar-refractivity contribution in [1.82, 2.24) is 4.31 Å². The Morgan fingerprint density at radius 3 is 2.38 bits per heavy atom. The molecule has 0 unspecified atom stereocenters. The Labute approximate surface area is 170 Å². The van der Waals surface area contributed by atoms with E-state index in [2.05, 4.69) is 0 Å². The second-order valence-electron chi connectivity index (χ2n) is 6.82. The second kappa shape index (κ2) is 7.52. The van der Waals surface area contributed by atoms with E-state index in [1.54, 1.807) is 6.92 Å². The number of ether oxygens (including phenoxy) is 1. The number of carbonyl (C=O) groups excluding carboxylic acids is 1. The van der Waals surface area contributed by atoms with Gasteiger partial charge in [0, 0.05) is 19.0 Å². The molecule has 1 aromatic carbocycles. The average molecular weight is 467 g/mol. The molecule has 2 saturated heterocycles. The molecule has 0 N–H and O–H groups in total. The zero-order valence-electron chi connectivity index (χ0n) is 15.9. The molecule has 0 spiro atoms. The summed E-state index contributed by atoms with van der Waals surface area (Å²) in [6, 6.07) is 2.94. The van der Waals surface area contributed by atoms with Crippen LogP contribution in [0, 0.1) is 0 Å². The Hall–Kier alpha value is -1.70. The minimum atomic E-state index is -4.22. The summed E-state index contributed by atoms with van der Waals surface area (Å²) in [5.74, 6) is -1.39. The van der Waals surface area contributed by atoms with Gasteiger partial charge in [0.2, 0.25) is 26.0 Å². The van der Waals surface area contributed by atoms with Gasteiger partial charge in [0.15, 0.2) is 9.84 Å². The molecule has 162 valence electrons. The molecule has 2 aliphatic heterocycles. The summed E-state index contributed by atoms with van der Waals surface area (Å²) in [7, 11) is -10.2. The third-order valence-corrected chi connectivity index (χ3v) is 10.5. The zero-order chi connectivity index (χ0) is 21.6. The van der Waals surface area contributed by atoms with Crippen molar-refractivity contribution in [3.05, 3.63) is 18.2 Å². The van der Waals surface area contributed by atoms with Crippen molar-refractivity contribution in [2.24, 2.45) is 0 Å². The van der Waals surface area contributed by atoms with Crippen LogP contribution in [0.5, 0.6) is 5.75 Å². The first-order valence-electron chi connectivity index (χ1n) is 8.89. The molecular weight excluding hydrogens is 444 g/mol. The summed E-state index contributed by atoms with van der Waals surface area (Å²) in [6.07, 6.45) is -0.00609. The lowest BCUT2D eigenvalue weighted by Gasteiger charge is -2.27. The Morgan fingerprint density at radius 1 is 1.21 bits per heavy atom. The molecule has 0 bridgehead atoms. The quantitative estimate of drug-likeness (QED) is 0.570. The second-order valence-corrected chi connectivity index (χ2v) is 12.8. The van der Waals surface area contributed by atoms with Crippen LogP contribution in [0.4, 0.5) is 5.69 Å². The first-order valence-corrected chi connectivity index (χ1v) is 13.8. The maximum atomic E-state index is 13.3. The first kappa shape index (κ1) is 22.0. The van der Waals surface area contributed by atoms with Gasteiger partial charge < -0.3 is 4.74 Å². The van der Waals surface area contributed by atoms with Crippen LogP contribution < -0.4 is 9.04 Å². The van der Waals surface area contributed by atoms with Crippen LogP contribution in [0.25, 0.3) is 0 Å². The van der Waals surface area contributed by atoms with Gasteiger partial charge in [-0.25, -0.2) is 29.6 Å². The lowest BCUT2D eigenvalue weighted by atomic mass is 10.3. The molecule has 0 aromatic heterocycles. The number of carbonyl (C=O) groups is 1. The van der Waals surface area contributed by atoms with Crippen LogP contribution in [-0.2, 0) is 34.7 Å². The normalized spacial score (nSPS) is 23.6. The summed E-state index contributed by atoms with van der Waals surface area (Å²) in [5, 5.41) is 0. The van der Waals surface area contributed by atoms with Gasteiger partial charge in [-0.05, 0) is 24.6 Å². The van der Waals surface area contributed by atoms with Gasteiger partial charge in [-0.15, -0.1) is 0 Å². The van der Waals surface area contributed by atoms with Crippen molar-refractivity contribution in [2.45, 2.75) is 30.7 Å². The molecule has 2 aliphatic rings. The monoisotopic (exact) mass is 466 g/mol. The van der Waals surface area contributed by atoms with E-state index in [1.807, 2.05) is 0 Å². The summed E-state index contributed by atoms with van der Waals surface area (Å²) >= 11 is 0. The largest absolute Gasteiger partial charge is 0.495 e. The molecule has 3 rings (SSSR count). The van der Waals surface area contributed by atoms with E-state index in [0.717, 1.165) is 10.4 Å². The average Bonchev–Trinajstić information content (AvgIpc) is 3.12. The van der Waals surface area contributed by atoms with E-state index < -0.39 is 41.8 Å².